The number of benzene rings is 4. The number of amides is 7. The zero-order valence-electron chi connectivity index (χ0n) is 87.1. The number of alkyl halides is 1. The number of aliphatic hydroxyl groups excluding tert-OH is 5. The Labute approximate surface area is 889 Å². The number of nitrogens with two attached hydrogens (primary N) is 1. The maximum atomic E-state index is 12.3. The Balaban J connectivity index is -0.000000519. The van der Waals surface area contributed by atoms with Crippen LogP contribution < -0.4 is 21.7 Å². The molecule has 8 atom stereocenters. The number of hydrogen-bond donors (Lipinski definition) is 9. The predicted octanol–water partition coefficient (Wildman–Crippen LogP) is 8.28. The number of halogens is 1. The van der Waals surface area contributed by atoms with Gasteiger partial charge in [0.1, 0.15) is 49.3 Å². The molecule has 10 N–H and O–H groups in total. The molecule has 1 unspecified atom stereocenters. The smallest absolute Gasteiger partial charge is 0.410 e. The van der Waals surface area contributed by atoms with Crippen LogP contribution in [-0.4, -0.2) is 433 Å². The van der Waals surface area contributed by atoms with Gasteiger partial charge in [-0.3, -0.25) is 9.08 Å². The van der Waals surface area contributed by atoms with Crippen molar-refractivity contribution in [3.05, 3.63) is 144 Å². The molecule has 4 aromatic carbocycles. The molecule has 7 saturated heterocycles. The second-order valence-electron chi connectivity index (χ2n) is 34.4. The molecule has 0 bridgehead atoms. The summed E-state index contributed by atoms with van der Waals surface area (Å²) >= 11 is 3.01. The molecule has 0 radical (unpaired) electrons. The Kier molecular flexibility index (Phi) is 86.6. The monoisotopic (exact) mass is 2330 g/mol. The fraction of sp³-hybridized carbons (Fsp3) is 0.650. The van der Waals surface area contributed by atoms with Gasteiger partial charge in [0.05, 0.1) is 167 Å². The van der Waals surface area contributed by atoms with Crippen LogP contribution in [0.5, 0.6) is 0 Å². The van der Waals surface area contributed by atoms with Gasteiger partial charge < -0.3 is 148 Å². The summed E-state index contributed by atoms with van der Waals surface area (Å²) in [6, 6.07) is 38.1. The molecule has 41 nitrogen and oxygen atoms in total. The number of hydrogen-bond acceptors (Lipinski definition) is 34. The summed E-state index contributed by atoms with van der Waals surface area (Å²) in [4.78, 5) is 96.7. The molecular formula is C100H174BrN12O29PSW. The van der Waals surface area contributed by atoms with Gasteiger partial charge in [-0.05, 0) is 106 Å². The summed E-state index contributed by atoms with van der Waals surface area (Å²) in [7, 11) is 6.95. The predicted molar refractivity (Wildman–Crippen MR) is 564 cm³/mol. The quantitative estimate of drug-likeness (QED) is 0.0117. The van der Waals surface area contributed by atoms with Crippen LogP contribution in [0, 0.1) is 24.7 Å². The van der Waals surface area contributed by atoms with E-state index in [2.05, 4.69) is 54.4 Å². The van der Waals surface area contributed by atoms with Gasteiger partial charge in [0, 0.05) is 135 Å². The fourth-order valence-electron chi connectivity index (χ4n) is 12.5. The third kappa shape index (κ3) is 73.5. The molecule has 0 aromatic heterocycles. The van der Waals surface area contributed by atoms with Crippen molar-refractivity contribution in [2.75, 3.05) is 258 Å². The van der Waals surface area contributed by atoms with E-state index in [0.717, 1.165) is 95.1 Å². The Bertz CT molecular complexity index is 4130. The molecule has 7 fully saturated rings. The van der Waals surface area contributed by atoms with Crippen LogP contribution in [0.15, 0.2) is 121 Å². The molecule has 0 spiro atoms. The SMILES string of the molecule is C.C.C#CCBr.C#CCN1CCO[C@@H](CN(C)C(=O)OC(C)(C)C)C1.CCO.CN.CN(C[C@H]1CN(C(=O)OCc2ccccc2)CCO1)C(=O)OC(C)(C)C.CN(C[C@H]1CNCCO1)C(=O)OC(C)(C)C.CNC[C@H]1CN(C(=O)OCc2ccccc2)CCO1.CO.CO.CS(=O)(=O)OC[C@H]1CN(C(=O)OCc2ccccc2)CCO1.O=C(OCc1ccccc1)N1CCO[C@@H](CO)C1.OC[C@H]1CNCCO1.P.[W]. The molecule has 0 aliphatic carbocycles. The topological polar surface area (TPSA) is 481 Å². The average molecular weight is 2340 g/mol. The van der Waals surface area contributed by atoms with E-state index in [-0.39, 0.29) is 166 Å². The van der Waals surface area contributed by atoms with Crippen molar-refractivity contribution >= 4 is 78.6 Å². The number of carbonyl (C=O) groups is 7. The summed E-state index contributed by atoms with van der Waals surface area (Å²) in [5, 5.41) is 49.1. The number of ether oxygens (including phenoxy) is 14. The molecule has 45 heteroatoms. The van der Waals surface area contributed by atoms with Crippen molar-refractivity contribution < 1.29 is 159 Å². The summed E-state index contributed by atoms with van der Waals surface area (Å²) in [6.07, 6.45) is 7.58. The van der Waals surface area contributed by atoms with E-state index in [1.165, 1.54) is 16.8 Å². The van der Waals surface area contributed by atoms with Gasteiger partial charge >= 0.3 is 42.7 Å². The molecule has 7 amide bonds. The molecule has 145 heavy (non-hydrogen) atoms. The number of terminal acetylenes is 2. The van der Waals surface area contributed by atoms with Crippen LogP contribution in [0.25, 0.3) is 0 Å². The van der Waals surface area contributed by atoms with E-state index in [9.17, 15) is 42.0 Å². The molecular weight excluding hydrogens is 2160 g/mol. The number of aliphatic hydroxyl groups is 5. The number of nitrogens with zero attached hydrogens (tertiary/aromatic N) is 8. The number of likely N-dealkylation sites (N-methyl/N-ethyl adjacent to an activating group) is 4. The summed E-state index contributed by atoms with van der Waals surface area (Å²) in [5.41, 5.74) is 6.82. The first-order valence-electron chi connectivity index (χ1n) is 46.5. The van der Waals surface area contributed by atoms with Crippen LogP contribution >= 0.6 is 25.8 Å². The molecule has 7 aliphatic rings. The van der Waals surface area contributed by atoms with Gasteiger partial charge in [-0.1, -0.05) is 164 Å². The molecule has 11 rings (SSSR count). The van der Waals surface area contributed by atoms with Crippen LogP contribution in [0.1, 0.15) is 106 Å². The van der Waals surface area contributed by atoms with Crippen LogP contribution in [0.4, 0.5) is 33.6 Å². The number of carbonyl (C=O) groups excluding carboxylic acids is 7. The minimum Gasteiger partial charge on any atom is -0.445 e. The number of morpholine rings is 7. The van der Waals surface area contributed by atoms with Crippen molar-refractivity contribution in [1.29, 1.82) is 0 Å². The van der Waals surface area contributed by atoms with Gasteiger partial charge in [0.15, 0.2) is 0 Å². The molecule has 7 heterocycles. The van der Waals surface area contributed by atoms with Crippen molar-refractivity contribution in [1.82, 2.24) is 55.1 Å². The third-order valence-electron chi connectivity index (χ3n) is 18.9. The van der Waals surface area contributed by atoms with E-state index in [0.29, 0.717) is 124 Å². The van der Waals surface area contributed by atoms with Gasteiger partial charge in [0.25, 0.3) is 10.1 Å². The second kappa shape index (κ2) is 86.5. The van der Waals surface area contributed by atoms with E-state index in [1.54, 1.807) is 52.6 Å². The second-order valence-corrected chi connectivity index (χ2v) is 36.6. The van der Waals surface area contributed by atoms with E-state index < -0.39 is 45.2 Å². The standard InChI is InChI=1S/C19H28N2O5.C14H20N2O3.C14H24N2O3.C14H19NO6S.C13H17NO4.C11H22N2O3.C5H11NO2.C3H3Br.C2H6O.CH5N.2CH4O.2CH4.H3P.W/c1-19(2,3)26-17(22)20(4)12-16-13-21(10-11-24-16)18(23)25-14-15-8-6-5-7-9-15;1-15-9-13-10-16(7-8-18-13)14(17)19-11-12-5-3-2-4-6-12;1-6-7-16-8-9-18-12(11-16)10-15(5)13(17)19-14(2,3)4;1-22(17,18)21-11-13-9-15(7-8-19-13)14(16)20-10-12-5-3-2-4-6-12;15-9-12-8-14(6-7-17-12)13(16)18-10-11-4-2-1-3-5-11;1-11(2,3)16-10(14)13(4)8-9-7-12-5-6-15-9;7-4-5-3-6-1-2-8-5;1-2-3-4;1-2-3;3*1-2;;;;/h5-9,16H,10-14H2,1-4H3;2-6,13,15H,7-11H2,1H3;1,12H,7-11H2,2-5H3;2-6,13H,7-11H2,1H3;1-5,12,15H,6-10H2;9,12H,5-8H2,1-4H3;5-7H,1-4H2;1H,3H2;3H,2H2,1H3;2H2,1H3;2*2H,1H3;2*1H4;1H3;/t16-;13-;12-;13-;12-;9-;5-;;;;;;;;;/m0001111........./s1. The van der Waals surface area contributed by atoms with Crippen LogP contribution in [0.3, 0.4) is 0 Å². The van der Waals surface area contributed by atoms with Crippen molar-refractivity contribution in [3.8, 4) is 24.7 Å². The zero-order valence-corrected chi connectivity index (χ0v) is 93.8. The van der Waals surface area contributed by atoms with E-state index >= 15 is 0 Å². The van der Waals surface area contributed by atoms with Crippen LogP contribution in [-0.2, 0) is 128 Å². The summed E-state index contributed by atoms with van der Waals surface area (Å²) in [6.45, 7) is 34.5. The fourth-order valence-corrected chi connectivity index (χ4v) is 12.9. The summed E-state index contributed by atoms with van der Waals surface area (Å²) < 4.78 is 102. The van der Waals surface area contributed by atoms with Gasteiger partial charge in [-0.15, -0.1) is 12.8 Å². The van der Waals surface area contributed by atoms with Crippen molar-refractivity contribution in [2.24, 2.45) is 5.73 Å². The first kappa shape index (κ1) is 145. The van der Waals surface area contributed by atoms with E-state index in [4.69, 9.17) is 109 Å². The van der Waals surface area contributed by atoms with E-state index in [1.807, 2.05) is 191 Å². The molecule has 7 aliphatic heterocycles. The van der Waals surface area contributed by atoms with Crippen molar-refractivity contribution in [2.45, 2.75) is 170 Å². The third-order valence-corrected chi connectivity index (χ3v) is 19.8. The Morgan fingerprint density at radius 2 is 0.731 bits per heavy atom. The Morgan fingerprint density at radius 3 is 1.01 bits per heavy atom. The Morgan fingerprint density at radius 1 is 0.462 bits per heavy atom. The van der Waals surface area contributed by atoms with Gasteiger partial charge in [0.2, 0.25) is 0 Å². The Hall–Kier alpha value is -8.28. The van der Waals surface area contributed by atoms with Gasteiger partial charge in [-0.2, -0.15) is 18.3 Å². The van der Waals surface area contributed by atoms with Crippen molar-refractivity contribution in [3.63, 3.8) is 0 Å². The first-order chi connectivity index (χ1) is 67.2. The first-order valence-corrected chi connectivity index (χ1v) is 49.5. The van der Waals surface area contributed by atoms with Gasteiger partial charge in [-0.25, -0.2) is 33.6 Å². The van der Waals surface area contributed by atoms with Crippen LogP contribution in [0.2, 0.25) is 0 Å². The number of rotatable bonds is 22. The zero-order chi connectivity index (χ0) is 106. The molecule has 0 saturated carbocycles. The minimum absolute atomic E-state index is 0. The summed E-state index contributed by atoms with van der Waals surface area (Å²) in [5.74, 6) is 4.98. The minimum atomic E-state index is -3.52. The number of nitrogens with one attached hydrogen (secondary N) is 3. The maximum Gasteiger partial charge on any atom is 0.410 e. The largest absolute Gasteiger partial charge is 0.445 e. The molecule has 832 valence electrons. The average Bonchev–Trinajstić information content (AvgIpc) is 0.847. The molecule has 4 aromatic rings. The normalized spacial score (nSPS) is 18.1. The maximum absolute atomic E-state index is 12.3.